The van der Waals surface area contributed by atoms with Crippen LogP contribution in [0.15, 0.2) is 18.2 Å². The summed E-state index contributed by atoms with van der Waals surface area (Å²) in [4.78, 5) is 23.3. The number of methoxy groups -OCH3 is 2. The molecule has 0 aromatic heterocycles. The van der Waals surface area contributed by atoms with Gasteiger partial charge in [-0.25, -0.2) is 4.79 Å². The Morgan fingerprint density at radius 1 is 1.07 bits per heavy atom. The molecule has 2 atom stereocenters. The largest absolute Gasteiger partial charge is 0.469 e. The van der Waals surface area contributed by atoms with Crippen LogP contribution in [0.2, 0.25) is 10.0 Å². The normalized spacial score (nSPS) is 14.2. The van der Waals surface area contributed by atoms with Crippen LogP contribution in [0.4, 0.5) is 0 Å². The van der Waals surface area contributed by atoms with E-state index in [1.54, 1.807) is 6.07 Å². The maximum absolute atomic E-state index is 11.8. The van der Waals surface area contributed by atoms with E-state index in [0.29, 0.717) is 16.5 Å². The number of hydrogen-bond acceptors (Lipinski definition) is 6. The van der Waals surface area contributed by atoms with E-state index < -0.39 is 30.1 Å². The molecule has 8 heteroatoms. The molecule has 6 nitrogen and oxygen atoms in total. The summed E-state index contributed by atoms with van der Waals surface area (Å²) >= 11 is 12.0. The summed E-state index contributed by atoms with van der Waals surface area (Å²) in [6, 6.07) is 5.48. The van der Waals surface area contributed by atoms with Gasteiger partial charge < -0.3 is 19.7 Å². The second kappa shape index (κ2) is 12.3. The van der Waals surface area contributed by atoms with Crippen molar-refractivity contribution in [2.24, 2.45) is 0 Å². The van der Waals surface area contributed by atoms with Gasteiger partial charge in [-0.05, 0) is 37.0 Å². The van der Waals surface area contributed by atoms with E-state index in [9.17, 15) is 19.8 Å². The van der Waals surface area contributed by atoms with Crippen molar-refractivity contribution < 1.29 is 29.3 Å². The SMILES string of the molecule is COC(=O)C[C@](O)(C(=O)OC)[C@@H](O)CCCCCCCc1ccc(Cl)cc1Cl. The van der Waals surface area contributed by atoms with Crippen LogP contribution >= 0.6 is 23.2 Å². The van der Waals surface area contributed by atoms with Gasteiger partial charge in [0.25, 0.3) is 0 Å². The Kier molecular flexibility index (Phi) is 10.8. The van der Waals surface area contributed by atoms with Gasteiger partial charge in [0.1, 0.15) is 0 Å². The van der Waals surface area contributed by atoms with Crippen molar-refractivity contribution in [1.29, 1.82) is 0 Å². The minimum atomic E-state index is -2.30. The average Bonchev–Trinajstić information content (AvgIpc) is 2.67. The smallest absolute Gasteiger partial charge is 0.341 e. The first-order chi connectivity index (χ1) is 13.2. The Bertz CT molecular complexity index is 652. The van der Waals surface area contributed by atoms with E-state index in [1.165, 1.54) is 0 Å². The van der Waals surface area contributed by atoms with Gasteiger partial charge in [0, 0.05) is 10.0 Å². The molecule has 0 bridgehead atoms. The second-order valence-electron chi connectivity index (χ2n) is 6.73. The summed E-state index contributed by atoms with van der Waals surface area (Å²) in [5.41, 5.74) is -1.24. The summed E-state index contributed by atoms with van der Waals surface area (Å²) < 4.78 is 9.00. The molecule has 2 N–H and O–H groups in total. The number of hydrogen-bond donors (Lipinski definition) is 2. The van der Waals surface area contributed by atoms with Crippen LogP contribution in [0.25, 0.3) is 0 Å². The summed E-state index contributed by atoms with van der Waals surface area (Å²) in [5.74, 6) is -1.85. The van der Waals surface area contributed by atoms with Crippen molar-refractivity contribution >= 4 is 35.1 Å². The number of benzene rings is 1. The average molecular weight is 435 g/mol. The van der Waals surface area contributed by atoms with E-state index in [1.807, 2.05) is 12.1 Å². The van der Waals surface area contributed by atoms with Gasteiger partial charge in [-0.3, -0.25) is 4.79 Å². The fourth-order valence-electron chi connectivity index (χ4n) is 2.94. The molecule has 28 heavy (non-hydrogen) atoms. The van der Waals surface area contributed by atoms with E-state index in [2.05, 4.69) is 9.47 Å². The van der Waals surface area contributed by atoms with E-state index in [0.717, 1.165) is 51.9 Å². The standard InChI is InChI=1S/C20H28Cl2O6/c1-27-18(24)13-20(26,19(25)28-2)17(23)9-7-5-3-4-6-8-14-10-11-15(21)12-16(14)22/h10-12,17,23,26H,3-9,13H2,1-2H3/t17-,20+/m0/s1. The quantitative estimate of drug-likeness (QED) is 0.384. The van der Waals surface area contributed by atoms with Gasteiger partial charge in [-0.15, -0.1) is 0 Å². The van der Waals surface area contributed by atoms with Crippen LogP contribution in [0, 0.1) is 0 Å². The zero-order valence-corrected chi connectivity index (χ0v) is 17.8. The first kappa shape index (κ1) is 24.7. The monoisotopic (exact) mass is 434 g/mol. The molecule has 0 amide bonds. The first-order valence-corrected chi connectivity index (χ1v) is 9.99. The Morgan fingerprint density at radius 2 is 1.71 bits per heavy atom. The molecule has 0 saturated heterocycles. The lowest BCUT2D eigenvalue weighted by Crippen LogP contribution is -2.51. The molecule has 1 rings (SSSR count). The van der Waals surface area contributed by atoms with Crippen LogP contribution in [-0.4, -0.2) is 48.1 Å². The molecule has 1 aromatic carbocycles. The number of unbranched alkanes of at least 4 members (excludes halogenated alkanes) is 4. The maximum Gasteiger partial charge on any atom is 0.341 e. The molecule has 0 aliphatic carbocycles. The van der Waals surface area contributed by atoms with Crippen molar-refractivity contribution in [2.75, 3.05) is 14.2 Å². The fraction of sp³-hybridized carbons (Fsp3) is 0.600. The highest BCUT2D eigenvalue weighted by Crippen LogP contribution is 2.24. The van der Waals surface area contributed by atoms with Crippen molar-refractivity contribution in [1.82, 2.24) is 0 Å². The molecular formula is C20H28Cl2O6. The van der Waals surface area contributed by atoms with Crippen LogP contribution in [-0.2, 0) is 25.5 Å². The molecule has 0 fully saturated rings. The minimum absolute atomic E-state index is 0.172. The van der Waals surface area contributed by atoms with Gasteiger partial charge in [0.2, 0.25) is 0 Å². The molecule has 0 aliphatic heterocycles. The second-order valence-corrected chi connectivity index (χ2v) is 7.57. The topological polar surface area (TPSA) is 93.1 Å². The molecule has 1 aromatic rings. The molecule has 0 spiro atoms. The van der Waals surface area contributed by atoms with Crippen LogP contribution in [0.1, 0.15) is 50.5 Å². The van der Waals surface area contributed by atoms with E-state index in [4.69, 9.17) is 23.2 Å². The maximum atomic E-state index is 11.8. The summed E-state index contributed by atoms with van der Waals surface area (Å²) in [5, 5.41) is 21.9. The van der Waals surface area contributed by atoms with Gasteiger partial charge in [-0.2, -0.15) is 0 Å². The molecule has 0 heterocycles. The Morgan fingerprint density at radius 3 is 2.32 bits per heavy atom. The number of carbonyl (C=O) groups is 2. The highest BCUT2D eigenvalue weighted by molar-refractivity contribution is 6.35. The molecular weight excluding hydrogens is 407 g/mol. The number of halogens is 2. The zero-order chi connectivity index (χ0) is 21.2. The predicted octanol–water partition coefficient (Wildman–Crippen LogP) is 3.70. The lowest BCUT2D eigenvalue weighted by Gasteiger charge is -2.29. The molecule has 0 saturated carbocycles. The summed E-state index contributed by atoms with van der Waals surface area (Å²) in [6.45, 7) is 0. The molecule has 0 aliphatic rings. The van der Waals surface area contributed by atoms with E-state index in [-0.39, 0.29) is 6.42 Å². The van der Waals surface area contributed by atoms with Crippen molar-refractivity contribution in [3.8, 4) is 0 Å². The van der Waals surface area contributed by atoms with Gasteiger partial charge >= 0.3 is 11.9 Å². The van der Waals surface area contributed by atoms with Crippen LogP contribution in [0.5, 0.6) is 0 Å². The zero-order valence-electron chi connectivity index (χ0n) is 16.2. The lowest BCUT2D eigenvalue weighted by atomic mass is 9.89. The molecule has 158 valence electrons. The Hall–Kier alpha value is -1.34. The highest BCUT2D eigenvalue weighted by atomic mass is 35.5. The third kappa shape index (κ3) is 7.59. The number of esters is 2. The Balaban J connectivity index is 2.34. The van der Waals surface area contributed by atoms with Crippen molar-refractivity contribution in [3.63, 3.8) is 0 Å². The number of ether oxygens (including phenoxy) is 2. The van der Waals surface area contributed by atoms with Crippen LogP contribution < -0.4 is 0 Å². The Labute approximate surface area is 175 Å². The third-order valence-electron chi connectivity index (χ3n) is 4.67. The predicted molar refractivity (Wildman–Crippen MR) is 107 cm³/mol. The van der Waals surface area contributed by atoms with Gasteiger partial charge in [0.15, 0.2) is 5.60 Å². The van der Waals surface area contributed by atoms with Crippen molar-refractivity contribution in [2.45, 2.75) is 63.1 Å². The van der Waals surface area contributed by atoms with E-state index >= 15 is 0 Å². The number of aryl methyl sites for hydroxylation is 1. The summed E-state index contributed by atoms with van der Waals surface area (Å²) in [6.07, 6.45) is 3.28. The molecule has 0 radical (unpaired) electrons. The molecule has 0 unspecified atom stereocenters. The fourth-order valence-corrected chi connectivity index (χ4v) is 3.44. The number of aliphatic hydroxyl groups is 2. The summed E-state index contributed by atoms with van der Waals surface area (Å²) in [7, 11) is 2.23. The van der Waals surface area contributed by atoms with Gasteiger partial charge in [-0.1, -0.05) is 55.0 Å². The number of rotatable bonds is 12. The van der Waals surface area contributed by atoms with Gasteiger partial charge in [0.05, 0.1) is 26.7 Å². The van der Waals surface area contributed by atoms with Crippen LogP contribution in [0.3, 0.4) is 0 Å². The third-order valence-corrected chi connectivity index (χ3v) is 5.26. The minimum Gasteiger partial charge on any atom is -0.469 e. The first-order valence-electron chi connectivity index (χ1n) is 9.24. The number of aliphatic hydroxyl groups excluding tert-OH is 1. The lowest BCUT2D eigenvalue weighted by molar-refractivity contribution is -0.182. The number of carbonyl (C=O) groups excluding carboxylic acids is 2. The van der Waals surface area contributed by atoms with Crippen molar-refractivity contribution in [3.05, 3.63) is 33.8 Å². The highest BCUT2D eigenvalue weighted by Gasteiger charge is 2.46.